The SMILES string of the molecule is COc1ccccc1CNC1CC(C)OC1C. The zero-order valence-corrected chi connectivity index (χ0v) is 10.8. The lowest BCUT2D eigenvalue weighted by atomic mass is 10.1. The summed E-state index contributed by atoms with van der Waals surface area (Å²) in [6.07, 6.45) is 1.73. The summed E-state index contributed by atoms with van der Waals surface area (Å²) in [6, 6.07) is 8.56. The van der Waals surface area contributed by atoms with Crippen molar-refractivity contribution in [2.45, 2.75) is 45.1 Å². The molecule has 94 valence electrons. The molecule has 1 aliphatic heterocycles. The molecular formula is C14H21NO2. The van der Waals surface area contributed by atoms with E-state index >= 15 is 0 Å². The summed E-state index contributed by atoms with van der Waals surface area (Å²) in [7, 11) is 1.71. The fourth-order valence-corrected chi connectivity index (χ4v) is 2.41. The number of hydrogen-bond acceptors (Lipinski definition) is 3. The van der Waals surface area contributed by atoms with E-state index in [4.69, 9.17) is 9.47 Å². The minimum Gasteiger partial charge on any atom is -0.496 e. The summed E-state index contributed by atoms with van der Waals surface area (Å²) in [5.41, 5.74) is 1.20. The highest BCUT2D eigenvalue weighted by molar-refractivity contribution is 5.33. The first-order valence-corrected chi connectivity index (χ1v) is 6.21. The van der Waals surface area contributed by atoms with Crippen molar-refractivity contribution >= 4 is 0 Å². The van der Waals surface area contributed by atoms with Gasteiger partial charge in [-0.1, -0.05) is 18.2 Å². The van der Waals surface area contributed by atoms with Crippen molar-refractivity contribution in [1.82, 2.24) is 5.32 Å². The van der Waals surface area contributed by atoms with Gasteiger partial charge in [-0.25, -0.2) is 0 Å². The minimum absolute atomic E-state index is 0.291. The Balaban J connectivity index is 1.93. The van der Waals surface area contributed by atoms with E-state index in [0.29, 0.717) is 18.2 Å². The zero-order chi connectivity index (χ0) is 12.3. The number of benzene rings is 1. The molecule has 3 unspecified atom stereocenters. The van der Waals surface area contributed by atoms with Crippen LogP contribution in [0.3, 0.4) is 0 Å². The fourth-order valence-electron chi connectivity index (χ4n) is 2.41. The lowest BCUT2D eigenvalue weighted by molar-refractivity contribution is 0.0604. The molecule has 1 aliphatic rings. The van der Waals surface area contributed by atoms with Gasteiger partial charge in [-0.05, 0) is 26.3 Å². The van der Waals surface area contributed by atoms with Gasteiger partial charge in [0.05, 0.1) is 19.3 Å². The van der Waals surface area contributed by atoms with E-state index < -0.39 is 0 Å². The predicted molar refractivity (Wildman–Crippen MR) is 68.2 cm³/mol. The molecule has 1 heterocycles. The van der Waals surface area contributed by atoms with E-state index in [0.717, 1.165) is 18.7 Å². The summed E-state index contributed by atoms with van der Waals surface area (Å²) in [6.45, 7) is 5.08. The normalized spacial score (nSPS) is 28.3. The van der Waals surface area contributed by atoms with Crippen LogP contribution in [0.1, 0.15) is 25.8 Å². The molecule has 1 fully saturated rings. The topological polar surface area (TPSA) is 30.5 Å². The number of ether oxygens (including phenoxy) is 2. The van der Waals surface area contributed by atoms with Crippen molar-refractivity contribution < 1.29 is 9.47 Å². The summed E-state index contributed by atoms with van der Waals surface area (Å²) in [5, 5.41) is 3.55. The molecule has 3 heteroatoms. The Morgan fingerprint density at radius 1 is 1.35 bits per heavy atom. The van der Waals surface area contributed by atoms with Crippen molar-refractivity contribution in [3.63, 3.8) is 0 Å². The second-order valence-electron chi connectivity index (χ2n) is 4.69. The highest BCUT2D eigenvalue weighted by Gasteiger charge is 2.28. The Kier molecular flexibility index (Phi) is 4.02. The number of rotatable bonds is 4. The molecule has 0 amide bonds. The van der Waals surface area contributed by atoms with Gasteiger partial charge in [-0.15, -0.1) is 0 Å². The number of methoxy groups -OCH3 is 1. The van der Waals surface area contributed by atoms with Crippen molar-refractivity contribution in [2.75, 3.05) is 7.11 Å². The lowest BCUT2D eigenvalue weighted by Gasteiger charge is -2.17. The van der Waals surface area contributed by atoms with Gasteiger partial charge in [0.15, 0.2) is 0 Å². The van der Waals surface area contributed by atoms with Gasteiger partial charge in [0, 0.05) is 18.2 Å². The van der Waals surface area contributed by atoms with Crippen LogP contribution in [-0.2, 0) is 11.3 Å². The smallest absolute Gasteiger partial charge is 0.123 e. The molecule has 0 saturated carbocycles. The maximum atomic E-state index is 5.72. The number of hydrogen-bond donors (Lipinski definition) is 1. The Hall–Kier alpha value is -1.06. The van der Waals surface area contributed by atoms with E-state index in [-0.39, 0.29) is 0 Å². The molecule has 2 rings (SSSR count). The van der Waals surface area contributed by atoms with Crippen LogP contribution >= 0.6 is 0 Å². The Labute approximate surface area is 103 Å². The van der Waals surface area contributed by atoms with E-state index in [2.05, 4.69) is 25.2 Å². The monoisotopic (exact) mass is 235 g/mol. The second-order valence-corrected chi connectivity index (χ2v) is 4.69. The first-order chi connectivity index (χ1) is 8.20. The predicted octanol–water partition coefficient (Wildman–Crippen LogP) is 2.35. The van der Waals surface area contributed by atoms with E-state index in [1.165, 1.54) is 5.56 Å². The molecule has 1 aromatic rings. The largest absolute Gasteiger partial charge is 0.496 e. The molecule has 1 aromatic carbocycles. The summed E-state index contributed by atoms with van der Waals surface area (Å²) >= 11 is 0. The third-order valence-electron chi connectivity index (χ3n) is 3.35. The van der Waals surface area contributed by atoms with Crippen LogP contribution in [0, 0.1) is 0 Å². The van der Waals surface area contributed by atoms with Gasteiger partial charge in [0.1, 0.15) is 5.75 Å². The van der Waals surface area contributed by atoms with Crippen molar-refractivity contribution in [1.29, 1.82) is 0 Å². The van der Waals surface area contributed by atoms with Crippen LogP contribution in [0.5, 0.6) is 5.75 Å². The quantitative estimate of drug-likeness (QED) is 0.869. The van der Waals surface area contributed by atoms with Gasteiger partial charge < -0.3 is 14.8 Å². The average Bonchev–Trinajstić information content (AvgIpc) is 2.65. The number of nitrogens with one attached hydrogen (secondary N) is 1. The average molecular weight is 235 g/mol. The highest BCUT2D eigenvalue weighted by Crippen LogP contribution is 2.22. The second kappa shape index (κ2) is 5.52. The molecule has 0 bridgehead atoms. The maximum Gasteiger partial charge on any atom is 0.123 e. The van der Waals surface area contributed by atoms with Gasteiger partial charge >= 0.3 is 0 Å². The van der Waals surface area contributed by atoms with Crippen molar-refractivity contribution in [2.24, 2.45) is 0 Å². The molecule has 0 spiro atoms. The van der Waals surface area contributed by atoms with Crippen LogP contribution in [0.25, 0.3) is 0 Å². The van der Waals surface area contributed by atoms with Crippen LogP contribution in [-0.4, -0.2) is 25.4 Å². The Morgan fingerprint density at radius 3 is 2.76 bits per heavy atom. The molecule has 3 nitrogen and oxygen atoms in total. The molecule has 1 saturated heterocycles. The van der Waals surface area contributed by atoms with E-state index in [1.807, 2.05) is 18.2 Å². The zero-order valence-electron chi connectivity index (χ0n) is 10.8. The molecule has 3 atom stereocenters. The van der Waals surface area contributed by atoms with E-state index in [1.54, 1.807) is 7.11 Å². The summed E-state index contributed by atoms with van der Waals surface area (Å²) < 4.78 is 11.1. The molecular weight excluding hydrogens is 214 g/mol. The van der Waals surface area contributed by atoms with Crippen molar-refractivity contribution in [3.8, 4) is 5.75 Å². The Morgan fingerprint density at radius 2 is 2.12 bits per heavy atom. The molecule has 0 radical (unpaired) electrons. The Bertz CT molecular complexity index is 367. The highest BCUT2D eigenvalue weighted by atomic mass is 16.5. The molecule has 0 aromatic heterocycles. The van der Waals surface area contributed by atoms with Gasteiger partial charge in [-0.2, -0.15) is 0 Å². The van der Waals surface area contributed by atoms with Crippen molar-refractivity contribution in [3.05, 3.63) is 29.8 Å². The van der Waals surface area contributed by atoms with Gasteiger partial charge in [0.2, 0.25) is 0 Å². The number of para-hydroxylation sites is 1. The lowest BCUT2D eigenvalue weighted by Crippen LogP contribution is -2.34. The van der Waals surface area contributed by atoms with E-state index in [9.17, 15) is 0 Å². The van der Waals surface area contributed by atoms with Gasteiger partial charge in [-0.3, -0.25) is 0 Å². The molecule has 17 heavy (non-hydrogen) atoms. The standard InChI is InChI=1S/C14H21NO2/c1-10-8-13(11(2)17-10)15-9-12-6-4-5-7-14(12)16-3/h4-7,10-11,13,15H,8-9H2,1-3H3. The molecule has 1 N–H and O–H groups in total. The summed E-state index contributed by atoms with van der Waals surface area (Å²) in [4.78, 5) is 0. The van der Waals surface area contributed by atoms with Crippen LogP contribution in [0.15, 0.2) is 24.3 Å². The van der Waals surface area contributed by atoms with Crippen LogP contribution < -0.4 is 10.1 Å². The third kappa shape index (κ3) is 2.99. The first-order valence-electron chi connectivity index (χ1n) is 6.21. The molecule has 0 aliphatic carbocycles. The third-order valence-corrected chi connectivity index (χ3v) is 3.35. The fraction of sp³-hybridized carbons (Fsp3) is 0.571. The minimum atomic E-state index is 0.291. The van der Waals surface area contributed by atoms with Crippen LogP contribution in [0.4, 0.5) is 0 Å². The van der Waals surface area contributed by atoms with Crippen LogP contribution in [0.2, 0.25) is 0 Å². The maximum absolute atomic E-state index is 5.72. The summed E-state index contributed by atoms with van der Waals surface area (Å²) in [5.74, 6) is 0.944. The van der Waals surface area contributed by atoms with Gasteiger partial charge in [0.25, 0.3) is 0 Å². The first kappa shape index (κ1) is 12.4.